The minimum Gasteiger partial charge on any atom is -0.480 e. The largest absolute Gasteiger partial charge is 0.480 e. The van der Waals surface area contributed by atoms with Crippen LogP contribution in [-0.4, -0.2) is 38.7 Å². The van der Waals surface area contributed by atoms with Crippen molar-refractivity contribution in [2.24, 2.45) is 0 Å². The number of aromatic amines is 1. The maximum Gasteiger partial charge on any atom is 0.337 e. The summed E-state index contributed by atoms with van der Waals surface area (Å²) in [5.74, 6) is -0.715. The van der Waals surface area contributed by atoms with E-state index in [2.05, 4.69) is 9.97 Å². The van der Waals surface area contributed by atoms with Crippen molar-refractivity contribution < 1.29 is 19.4 Å². The number of esters is 1. The standard InChI is InChI=1S/C19H15N3O4/c1-26-19(25)11-6-7-14-15(8-11)21-18(20-14)13-9-22(10-17(23)24)16-5-3-2-4-12(13)16/h2-9H,10H2,1H3,(H,20,21)(H,23,24). The van der Waals surface area contributed by atoms with Gasteiger partial charge < -0.3 is 19.4 Å². The van der Waals surface area contributed by atoms with Crippen LogP contribution in [0.4, 0.5) is 0 Å². The van der Waals surface area contributed by atoms with E-state index in [0.29, 0.717) is 22.4 Å². The number of methoxy groups -OCH3 is 1. The number of aliphatic carboxylic acids is 1. The Balaban J connectivity index is 1.87. The van der Waals surface area contributed by atoms with Gasteiger partial charge in [-0.25, -0.2) is 9.78 Å². The molecule has 26 heavy (non-hydrogen) atoms. The number of aromatic nitrogens is 3. The number of nitrogens with one attached hydrogen (secondary N) is 1. The zero-order chi connectivity index (χ0) is 18.3. The number of carbonyl (C=O) groups is 2. The first-order valence-corrected chi connectivity index (χ1v) is 7.95. The van der Waals surface area contributed by atoms with Crippen molar-refractivity contribution in [3.8, 4) is 11.4 Å². The molecule has 2 aromatic heterocycles. The zero-order valence-corrected chi connectivity index (χ0v) is 13.9. The molecule has 0 atom stereocenters. The molecule has 0 aliphatic heterocycles. The van der Waals surface area contributed by atoms with E-state index in [1.165, 1.54) is 7.11 Å². The molecule has 2 N–H and O–H groups in total. The van der Waals surface area contributed by atoms with Crippen LogP contribution in [0.1, 0.15) is 10.4 Å². The highest BCUT2D eigenvalue weighted by Crippen LogP contribution is 2.30. The molecule has 0 bridgehead atoms. The van der Waals surface area contributed by atoms with E-state index in [4.69, 9.17) is 9.84 Å². The van der Waals surface area contributed by atoms with E-state index in [-0.39, 0.29) is 6.54 Å². The highest BCUT2D eigenvalue weighted by atomic mass is 16.5. The lowest BCUT2D eigenvalue weighted by molar-refractivity contribution is -0.137. The number of nitrogens with zero attached hydrogens (tertiary/aromatic N) is 2. The first-order valence-electron chi connectivity index (χ1n) is 7.95. The maximum atomic E-state index is 11.7. The van der Waals surface area contributed by atoms with E-state index in [9.17, 15) is 9.59 Å². The van der Waals surface area contributed by atoms with E-state index < -0.39 is 11.9 Å². The fraction of sp³-hybridized carbons (Fsp3) is 0.105. The van der Waals surface area contributed by atoms with Gasteiger partial charge in [0.1, 0.15) is 12.4 Å². The Labute approximate surface area is 147 Å². The molecule has 0 saturated carbocycles. The maximum absolute atomic E-state index is 11.7. The summed E-state index contributed by atoms with van der Waals surface area (Å²) in [5, 5.41) is 10.0. The van der Waals surface area contributed by atoms with Gasteiger partial charge in [0.2, 0.25) is 0 Å². The molecule has 2 heterocycles. The summed E-state index contributed by atoms with van der Waals surface area (Å²) < 4.78 is 6.42. The normalized spacial score (nSPS) is 11.1. The van der Waals surface area contributed by atoms with Crippen molar-refractivity contribution in [3.05, 3.63) is 54.2 Å². The summed E-state index contributed by atoms with van der Waals surface area (Å²) in [5.41, 5.74) is 3.47. The Morgan fingerprint density at radius 2 is 2.04 bits per heavy atom. The molecule has 0 unspecified atom stereocenters. The Kier molecular flexibility index (Phi) is 3.69. The van der Waals surface area contributed by atoms with Gasteiger partial charge in [0, 0.05) is 22.7 Å². The number of hydrogen-bond acceptors (Lipinski definition) is 4. The second-order valence-electron chi connectivity index (χ2n) is 5.89. The average molecular weight is 349 g/mol. The third kappa shape index (κ3) is 2.59. The van der Waals surface area contributed by atoms with Crippen LogP contribution in [0.3, 0.4) is 0 Å². The van der Waals surface area contributed by atoms with Gasteiger partial charge in [0.05, 0.1) is 23.7 Å². The van der Waals surface area contributed by atoms with E-state index in [1.54, 1.807) is 29.0 Å². The molecular weight excluding hydrogens is 334 g/mol. The van der Waals surface area contributed by atoms with Gasteiger partial charge >= 0.3 is 11.9 Å². The van der Waals surface area contributed by atoms with Crippen molar-refractivity contribution in [1.29, 1.82) is 0 Å². The topological polar surface area (TPSA) is 97.2 Å². The SMILES string of the molecule is COC(=O)c1ccc2nc(-c3cn(CC(=O)O)c4ccccc34)[nH]c2c1. The van der Waals surface area contributed by atoms with Crippen LogP contribution in [0.2, 0.25) is 0 Å². The van der Waals surface area contributed by atoms with Crippen molar-refractivity contribution >= 4 is 33.9 Å². The van der Waals surface area contributed by atoms with Gasteiger partial charge in [-0.2, -0.15) is 0 Å². The lowest BCUT2D eigenvalue weighted by Crippen LogP contribution is -2.07. The van der Waals surface area contributed by atoms with Gasteiger partial charge in [0.15, 0.2) is 0 Å². The fourth-order valence-corrected chi connectivity index (χ4v) is 3.09. The molecule has 4 aromatic rings. The predicted molar refractivity (Wildman–Crippen MR) is 96.0 cm³/mol. The summed E-state index contributed by atoms with van der Waals surface area (Å²) in [6.45, 7) is -0.132. The highest BCUT2D eigenvalue weighted by molar-refractivity contribution is 5.98. The van der Waals surface area contributed by atoms with Crippen LogP contribution in [0.25, 0.3) is 33.3 Å². The number of imidazole rings is 1. The number of H-pyrrole nitrogens is 1. The van der Waals surface area contributed by atoms with E-state index in [0.717, 1.165) is 16.5 Å². The second-order valence-corrected chi connectivity index (χ2v) is 5.89. The number of carbonyl (C=O) groups excluding carboxylic acids is 1. The van der Waals surface area contributed by atoms with Crippen LogP contribution in [-0.2, 0) is 16.1 Å². The minimum atomic E-state index is -0.912. The van der Waals surface area contributed by atoms with Crippen LogP contribution in [0.5, 0.6) is 0 Å². The molecule has 0 spiro atoms. The molecule has 0 fully saturated rings. The van der Waals surface area contributed by atoms with Gasteiger partial charge in [-0.3, -0.25) is 4.79 Å². The Morgan fingerprint density at radius 1 is 1.23 bits per heavy atom. The lowest BCUT2D eigenvalue weighted by atomic mass is 10.2. The summed E-state index contributed by atoms with van der Waals surface area (Å²) in [6.07, 6.45) is 1.78. The van der Waals surface area contributed by atoms with E-state index >= 15 is 0 Å². The summed E-state index contributed by atoms with van der Waals surface area (Å²) in [7, 11) is 1.34. The van der Waals surface area contributed by atoms with Crippen LogP contribution < -0.4 is 0 Å². The number of carboxylic acid groups (broad SMARTS) is 1. The number of rotatable bonds is 4. The Bertz CT molecular complexity index is 1160. The quantitative estimate of drug-likeness (QED) is 0.552. The first-order chi connectivity index (χ1) is 12.6. The zero-order valence-electron chi connectivity index (χ0n) is 13.9. The molecule has 7 heteroatoms. The van der Waals surface area contributed by atoms with Crippen LogP contribution in [0.15, 0.2) is 48.7 Å². The minimum absolute atomic E-state index is 0.132. The molecular formula is C19H15N3O4. The smallest absolute Gasteiger partial charge is 0.337 e. The Morgan fingerprint density at radius 3 is 2.81 bits per heavy atom. The van der Waals surface area contributed by atoms with Gasteiger partial charge in [-0.15, -0.1) is 0 Å². The number of para-hydroxylation sites is 1. The number of fused-ring (bicyclic) bond motifs is 2. The first kappa shape index (κ1) is 15.9. The Hall–Kier alpha value is -3.61. The average Bonchev–Trinajstić information content (AvgIpc) is 3.21. The van der Waals surface area contributed by atoms with Crippen molar-refractivity contribution in [2.75, 3.05) is 7.11 Å². The lowest BCUT2D eigenvalue weighted by Gasteiger charge is -1.99. The van der Waals surface area contributed by atoms with Crippen LogP contribution >= 0.6 is 0 Å². The van der Waals surface area contributed by atoms with Gasteiger partial charge in [0.25, 0.3) is 0 Å². The van der Waals surface area contributed by atoms with Crippen molar-refractivity contribution in [1.82, 2.24) is 14.5 Å². The molecule has 0 aliphatic carbocycles. The number of ether oxygens (including phenoxy) is 1. The van der Waals surface area contributed by atoms with Crippen molar-refractivity contribution in [3.63, 3.8) is 0 Å². The number of benzene rings is 2. The summed E-state index contributed by atoms with van der Waals surface area (Å²) >= 11 is 0. The number of carboxylic acids is 1. The monoisotopic (exact) mass is 349 g/mol. The molecule has 0 radical (unpaired) electrons. The van der Waals surface area contributed by atoms with Gasteiger partial charge in [-0.05, 0) is 24.3 Å². The fourth-order valence-electron chi connectivity index (χ4n) is 3.09. The van der Waals surface area contributed by atoms with E-state index in [1.807, 2.05) is 24.3 Å². The highest BCUT2D eigenvalue weighted by Gasteiger charge is 2.15. The van der Waals surface area contributed by atoms with Crippen LogP contribution in [0, 0.1) is 0 Å². The summed E-state index contributed by atoms with van der Waals surface area (Å²) in [4.78, 5) is 30.6. The van der Waals surface area contributed by atoms with Crippen molar-refractivity contribution in [2.45, 2.75) is 6.54 Å². The third-order valence-corrected chi connectivity index (χ3v) is 4.25. The molecule has 0 saturated heterocycles. The molecule has 0 amide bonds. The molecule has 130 valence electrons. The predicted octanol–water partition coefficient (Wildman–Crippen LogP) is 3.06. The molecule has 4 rings (SSSR count). The molecule has 0 aliphatic rings. The molecule has 7 nitrogen and oxygen atoms in total. The summed E-state index contributed by atoms with van der Waals surface area (Å²) in [6, 6.07) is 12.7. The van der Waals surface area contributed by atoms with Gasteiger partial charge in [-0.1, -0.05) is 18.2 Å². The third-order valence-electron chi connectivity index (χ3n) is 4.25. The number of hydrogen-bond donors (Lipinski definition) is 2. The molecule has 2 aromatic carbocycles. The second kappa shape index (κ2) is 6.03.